The summed E-state index contributed by atoms with van der Waals surface area (Å²) >= 11 is 0. The van der Waals surface area contributed by atoms with Crippen molar-refractivity contribution in [1.82, 2.24) is 9.97 Å². The van der Waals surface area contributed by atoms with Gasteiger partial charge in [0.25, 0.3) is 0 Å². The molecule has 0 radical (unpaired) electrons. The molecular weight excluding hydrogens is 276 g/mol. The molecule has 1 aromatic heterocycles. The maximum Gasteiger partial charge on any atom is 0.224 e. The van der Waals surface area contributed by atoms with Crippen LogP contribution in [0.25, 0.3) is 0 Å². The number of nitrogens with zero attached hydrogens (tertiary/aromatic N) is 2. The second kappa shape index (κ2) is 7.22. The maximum absolute atomic E-state index is 8.92. The molecule has 5 heteroatoms. The summed E-state index contributed by atoms with van der Waals surface area (Å²) in [7, 11) is 0. The summed E-state index contributed by atoms with van der Waals surface area (Å²) in [5, 5.41) is 15.4. The molecule has 1 saturated carbocycles. The first-order valence-electron chi connectivity index (χ1n) is 7.86. The summed E-state index contributed by atoms with van der Waals surface area (Å²) in [4.78, 5) is 8.99. The van der Waals surface area contributed by atoms with E-state index in [1.54, 1.807) is 0 Å². The van der Waals surface area contributed by atoms with E-state index in [0.717, 1.165) is 24.5 Å². The van der Waals surface area contributed by atoms with E-state index in [4.69, 9.17) is 5.11 Å². The lowest BCUT2D eigenvalue weighted by molar-refractivity contribution is 0.311. The number of aromatic nitrogens is 2. The predicted octanol–water partition coefficient (Wildman–Crippen LogP) is 2.41. The second-order valence-electron chi connectivity index (χ2n) is 5.59. The summed E-state index contributed by atoms with van der Waals surface area (Å²) < 4.78 is 0. The van der Waals surface area contributed by atoms with Crippen molar-refractivity contribution < 1.29 is 5.11 Å². The van der Waals surface area contributed by atoms with Crippen LogP contribution in [0.1, 0.15) is 30.0 Å². The molecule has 3 N–H and O–H groups in total. The van der Waals surface area contributed by atoms with Gasteiger partial charge in [0.15, 0.2) is 0 Å². The van der Waals surface area contributed by atoms with Crippen molar-refractivity contribution >= 4 is 11.8 Å². The van der Waals surface area contributed by atoms with Gasteiger partial charge in [-0.3, -0.25) is 0 Å². The molecule has 3 rings (SSSR count). The number of hydrogen-bond donors (Lipinski definition) is 3. The van der Waals surface area contributed by atoms with Gasteiger partial charge in [0.2, 0.25) is 5.95 Å². The van der Waals surface area contributed by atoms with Crippen molar-refractivity contribution in [3.8, 4) is 0 Å². The molecule has 5 nitrogen and oxygen atoms in total. The first-order valence-corrected chi connectivity index (χ1v) is 7.86. The topological polar surface area (TPSA) is 70.1 Å². The zero-order chi connectivity index (χ0) is 15.2. The van der Waals surface area contributed by atoms with E-state index in [1.807, 2.05) is 12.1 Å². The van der Waals surface area contributed by atoms with Gasteiger partial charge in [-0.15, -0.1) is 0 Å². The van der Waals surface area contributed by atoms with Crippen molar-refractivity contribution in [1.29, 1.82) is 0 Å². The first kappa shape index (κ1) is 14.8. The predicted molar refractivity (Wildman–Crippen MR) is 88.2 cm³/mol. The van der Waals surface area contributed by atoms with Crippen LogP contribution < -0.4 is 10.6 Å². The van der Waals surface area contributed by atoms with Crippen LogP contribution in [-0.4, -0.2) is 34.8 Å². The van der Waals surface area contributed by atoms with Gasteiger partial charge >= 0.3 is 0 Å². The summed E-state index contributed by atoms with van der Waals surface area (Å²) in [6, 6.07) is 12.5. The third kappa shape index (κ3) is 4.18. The standard InChI is InChI=1S/C17H22N4O/c22-11-10-19-17-20-15(14-6-7-14)12-16(21-17)18-9-8-13-4-2-1-3-5-13/h1-5,12,14,22H,6-11H2,(H2,18,19,20,21). The molecule has 22 heavy (non-hydrogen) atoms. The van der Waals surface area contributed by atoms with E-state index in [2.05, 4.69) is 44.9 Å². The Morgan fingerprint density at radius 3 is 2.59 bits per heavy atom. The minimum atomic E-state index is 0.0772. The number of anilines is 2. The van der Waals surface area contributed by atoms with Gasteiger partial charge in [-0.2, -0.15) is 4.98 Å². The third-order valence-corrected chi connectivity index (χ3v) is 3.70. The monoisotopic (exact) mass is 298 g/mol. The summed E-state index contributed by atoms with van der Waals surface area (Å²) in [5.74, 6) is 2.03. The van der Waals surface area contributed by atoms with Gasteiger partial charge in [0, 0.05) is 25.1 Å². The Balaban J connectivity index is 1.62. The van der Waals surface area contributed by atoms with E-state index < -0.39 is 0 Å². The zero-order valence-electron chi connectivity index (χ0n) is 12.6. The lowest BCUT2D eigenvalue weighted by atomic mass is 10.1. The van der Waals surface area contributed by atoms with Crippen molar-refractivity contribution in [2.75, 3.05) is 30.3 Å². The Morgan fingerprint density at radius 2 is 1.86 bits per heavy atom. The van der Waals surface area contributed by atoms with Crippen molar-refractivity contribution in [3.05, 3.63) is 47.7 Å². The molecule has 0 atom stereocenters. The molecule has 0 unspecified atom stereocenters. The first-order chi connectivity index (χ1) is 10.8. The molecule has 0 spiro atoms. The SMILES string of the molecule is OCCNc1nc(NCCc2ccccc2)cc(C2CC2)n1. The number of hydrogen-bond acceptors (Lipinski definition) is 5. The molecule has 116 valence electrons. The fourth-order valence-corrected chi connectivity index (χ4v) is 2.37. The highest BCUT2D eigenvalue weighted by Crippen LogP contribution is 2.39. The fourth-order valence-electron chi connectivity index (χ4n) is 2.37. The van der Waals surface area contributed by atoms with Crippen LogP contribution in [0.15, 0.2) is 36.4 Å². The maximum atomic E-state index is 8.92. The summed E-state index contributed by atoms with van der Waals surface area (Å²) in [6.45, 7) is 1.38. The average molecular weight is 298 g/mol. The molecule has 2 aromatic rings. The number of benzene rings is 1. The number of aliphatic hydroxyl groups is 1. The Morgan fingerprint density at radius 1 is 1.05 bits per heavy atom. The minimum absolute atomic E-state index is 0.0772. The normalized spacial score (nSPS) is 13.9. The van der Waals surface area contributed by atoms with Crippen LogP contribution in [0.5, 0.6) is 0 Å². The molecule has 1 heterocycles. The fraction of sp³-hybridized carbons (Fsp3) is 0.412. The van der Waals surface area contributed by atoms with E-state index >= 15 is 0 Å². The smallest absolute Gasteiger partial charge is 0.224 e. The van der Waals surface area contributed by atoms with Gasteiger partial charge < -0.3 is 15.7 Å². The van der Waals surface area contributed by atoms with Crippen molar-refractivity contribution in [3.63, 3.8) is 0 Å². The molecule has 1 fully saturated rings. The lowest BCUT2D eigenvalue weighted by Gasteiger charge is -2.10. The molecule has 0 amide bonds. The van der Waals surface area contributed by atoms with Crippen LogP contribution in [0.3, 0.4) is 0 Å². The number of aliphatic hydroxyl groups excluding tert-OH is 1. The molecule has 1 aromatic carbocycles. The third-order valence-electron chi connectivity index (χ3n) is 3.70. The van der Waals surface area contributed by atoms with E-state index in [-0.39, 0.29) is 6.61 Å². The van der Waals surface area contributed by atoms with Crippen molar-refractivity contribution in [2.24, 2.45) is 0 Å². The molecule has 0 saturated heterocycles. The van der Waals surface area contributed by atoms with Gasteiger partial charge in [-0.1, -0.05) is 30.3 Å². The molecular formula is C17H22N4O. The molecule has 1 aliphatic rings. The highest BCUT2D eigenvalue weighted by Gasteiger charge is 2.26. The average Bonchev–Trinajstić information content (AvgIpc) is 3.39. The molecule has 0 bridgehead atoms. The van der Waals surface area contributed by atoms with Crippen LogP contribution in [0.2, 0.25) is 0 Å². The van der Waals surface area contributed by atoms with Gasteiger partial charge in [-0.05, 0) is 24.8 Å². The van der Waals surface area contributed by atoms with Gasteiger partial charge in [-0.25, -0.2) is 4.98 Å². The van der Waals surface area contributed by atoms with Crippen LogP contribution >= 0.6 is 0 Å². The second-order valence-corrected chi connectivity index (χ2v) is 5.59. The van der Waals surface area contributed by atoms with Gasteiger partial charge in [0.05, 0.1) is 12.3 Å². The highest BCUT2D eigenvalue weighted by atomic mass is 16.3. The Bertz CT molecular complexity index is 599. The van der Waals surface area contributed by atoms with Crippen LogP contribution in [-0.2, 0) is 6.42 Å². The van der Waals surface area contributed by atoms with Crippen LogP contribution in [0, 0.1) is 0 Å². The zero-order valence-corrected chi connectivity index (χ0v) is 12.6. The Labute approximate surface area is 130 Å². The van der Waals surface area contributed by atoms with Crippen LogP contribution in [0.4, 0.5) is 11.8 Å². The van der Waals surface area contributed by atoms with Gasteiger partial charge in [0.1, 0.15) is 5.82 Å². The largest absolute Gasteiger partial charge is 0.395 e. The minimum Gasteiger partial charge on any atom is -0.395 e. The molecule has 1 aliphatic carbocycles. The van der Waals surface area contributed by atoms with E-state index in [1.165, 1.54) is 18.4 Å². The summed E-state index contributed by atoms with van der Waals surface area (Å²) in [5.41, 5.74) is 2.41. The Hall–Kier alpha value is -2.14. The summed E-state index contributed by atoms with van der Waals surface area (Å²) in [6.07, 6.45) is 3.38. The number of nitrogens with one attached hydrogen (secondary N) is 2. The van der Waals surface area contributed by atoms with Crippen molar-refractivity contribution in [2.45, 2.75) is 25.2 Å². The number of rotatable bonds is 8. The highest BCUT2D eigenvalue weighted by molar-refractivity contribution is 5.44. The van der Waals surface area contributed by atoms with E-state index in [0.29, 0.717) is 18.4 Å². The Kier molecular flexibility index (Phi) is 4.85. The lowest BCUT2D eigenvalue weighted by Crippen LogP contribution is -2.12. The quantitative estimate of drug-likeness (QED) is 0.698. The van der Waals surface area contributed by atoms with E-state index in [9.17, 15) is 0 Å². The molecule has 0 aliphatic heterocycles.